The number of likely N-dealkylation sites (tertiary alicyclic amines) is 2. The van der Waals surface area contributed by atoms with E-state index in [1.54, 1.807) is 11.8 Å². The molecule has 1 aromatic rings. The molecule has 3 fully saturated rings. The number of piperidine rings is 1. The lowest BCUT2D eigenvalue weighted by Gasteiger charge is -2.36. The van der Waals surface area contributed by atoms with E-state index >= 15 is 0 Å². The quantitative estimate of drug-likeness (QED) is 0.616. The number of hydrogen-bond donors (Lipinski definition) is 1. The van der Waals surface area contributed by atoms with Gasteiger partial charge in [-0.3, -0.25) is 9.69 Å². The molecule has 0 radical (unpaired) electrons. The molecule has 1 atom stereocenters. The first-order valence-electron chi connectivity index (χ1n) is 10.2. The van der Waals surface area contributed by atoms with Crippen molar-refractivity contribution in [3.05, 3.63) is 24.3 Å². The molecule has 3 aliphatic heterocycles. The van der Waals surface area contributed by atoms with Crippen LogP contribution in [0, 0.1) is 5.41 Å². The molecule has 3 aliphatic rings. The lowest BCUT2D eigenvalue weighted by atomic mass is 9.76. The van der Waals surface area contributed by atoms with E-state index in [0.717, 1.165) is 36.6 Å². The van der Waals surface area contributed by atoms with E-state index in [1.165, 1.54) is 12.8 Å². The molecule has 2 amide bonds. The summed E-state index contributed by atoms with van der Waals surface area (Å²) in [5, 5.41) is 2.98. The fourth-order valence-corrected chi connectivity index (χ4v) is 5.10. The summed E-state index contributed by atoms with van der Waals surface area (Å²) in [4.78, 5) is 30.6. The number of ether oxygens (including phenoxy) is 1. The van der Waals surface area contributed by atoms with Crippen LogP contribution in [0.1, 0.15) is 32.1 Å². The van der Waals surface area contributed by atoms with Gasteiger partial charge in [-0.15, -0.1) is 11.8 Å². The van der Waals surface area contributed by atoms with E-state index in [1.807, 2.05) is 35.4 Å². The van der Waals surface area contributed by atoms with Crippen LogP contribution in [0.15, 0.2) is 29.2 Å². The predicted octanol–water partition coefficient (Wildman–Crippen LogP) is 3.43. The third-order valence-electron chi connectivity index (χ3n) is 6.31. The van der Waals surface area contributed by atoms with Crippen LogP contribution in [-0.4, -0.2) is 66.9 Å². The van der Waals surface area contributed by atoms with Crippen LogP contribution in [0.5, 0.6) is 0 Å². The van der Waals surface area contributed by atoms with Crippen molar-refractivity contribution in [1.29, 1.82) is 0 Å². The second-order valence-corrected chi connectivity index (χ2v) is 9.05. The number of anilines is 1. The molecule has 0 aromatic heterocycles. The fourth-order valence-electron chi connectivity index (χ4n) is 4.64. The lowest BCUT2D eigenvalue weighted by molar-refractivity contribution is -0.150. The summed E-state index contributed by atoms with van der Waals surface area (Å²) < 4.78 is 5.73. The Labute approximate surface area is 171 Å². The molecule has 1 unspecified atom stereocenters. The highest BCUT2D eigenvalue weighted by molar-refractivity contribution is 7.98. The highest BCUT2D eigenvalue weighted by Crippen LogP contribution is 2.43. The predicted molar refractivity (Wildman–Crippen MR) is 111 cm³/mol. The summed E-state index contributed by atoms with van der Waals surface area (Å²) in [5.41, 5.74) is 0.419. The summed E-state index contributed by atoms with van der Waals surface area (Å²) >= 11 is 1.65. The molecule has 28 heavy (non-hydrogen) atoms. The van der Waals surface area contributed by atoms with Gasteiger partial charge in [0.1, 0.15) is 6.10 Å². The topological polar surface area (TPSA) is 61.9 Å². The third-order valence-corrected chi connectivity index (χ3v) is 7.04. The zero-order valence-corrected chi connectivity index (χ0v) is 17.3. The van der Waals surface area contributed by atoms with Gasteiger partial charge in [-0.1, -0.05) is 6.07 Å². The molecule has 1 spiro atoms. The first-order valence-corrected chi connectivity index (χ1v) is 11.4. The van der Waals surface area contributed by atoms with Crippen molar-refractivity contribution >= 4 is 29.4 Å². The number of urea groups is 1. The standard InChI is InChI=1S/C21H29N3O3S/c1-28-18-6-4-5-16(13-18)22-20(26)24-11-7-21(8-12-24)14-17(27-19(21)25)15-23-9-2-3-10-23/h4-6,13,17H,2-3,7-12,14-15H2,1H3,(H,22,26). The number of carbonyl (C=O) groups excluding carboxylic acids is 2. The zero-order valence-electron chi connectivity index (χ0n) is 16.5. The lowest BCUT2D eigenvalue weighted by Crippen LogP contribution is -2.46. The average molecular weight is 404 g/mol. The number of esters is 1. The third kappa shape index (κ3) is 4.15. The Balaban J connectivity index is 1.31. The van der Waals surface area contributed by atoms with Gasteiger partial charge < -0.3 is 15.0 Å². The number of cyclic esters (lactones) is 1. The van der Waals surface area contributed by atoms with E-state index in [2.05, 4.69) is 10.2 Å². The van der Waals surface area contributed by atoms with Crippen molar-refractivity contribution < 1.29 is 14.3 Å². The minimum Gasteiger partial charge on any atom is -0.461 e. The number of amides is 2. The first kappa shape index (κ1) is 19.6. The summed E-state index contributed by atoms with van der Waals surface area (Å²) in [7, 11) is 0. The normalized spacial score (nSPS) is 24.5. The summed E-state index contributed by atoms with van der Waals surface area (Å²) in [6.07, 6.45) is 6.71. The van der Waals surface area contributed by atoms with Crippen molar-refractivity contribution in [1.82, 2.24) is 9.80 Å². The van der Waals surface area contributed by atoms with Crippen molar-refractivity contribution in [3.8, 4) is 0 Å². The van der Waals surface area contributed by atoms with Crippen LogP contribution in [-0.2, 0) is 9.53 Å². The van der Waals surface area contributed by atoms with Gasteiger partial charge in [-0.25, -0.2) is 4.79 Å². The Morgan fingerprint density at radius 2 is 2.00 bits per heavy atom. The summed E-state index contributed by atoms with van der Waals surface area (Å²) in [6.45, 7) is 4.29. The van der Waals surface area contributed by atoms with Crippen molar-refractivity contribution in [2.24, 2.45) is 5.41 Å². The average Bonchev–Trinajstić information content (AvgIpc) is 3.31. The Morgan fingerprint density at radius 3 is 2.71 bits per heavy atom. The van der Waals surface area contributed by atoms with E-state index in [0.29, 0.717) is 25.9 Å². The molecule has 152 valence electrons. The SMILES string of the molecule is CSc1cccc(NC(=O)N2CCC3(CC2)CC(CN2CCCC2)OC3=O)c1. The van der Waals surface area contributed by atoms with Crippen LogP contribution in [0.3, 0.4) is 0 Å². The monoisotopic (exact) mass is 403 g/mol. The molecule has 3 heterocycles. The van der Waals surface area contributed by atoms with Gasteiger partial charge in [0.15, 0.2) is 0 Å². The minimum atomic E-state index is -0.389. The maximum Gasteiger partial charge on any atom is 0.321 e. The molecule has 3 saturated heterocycles. The molecule has 0 saturated carbocycles. The highest BCUT2D eigenvalue weighted by atomic mass is 32.2. The number of hydrogen-bond acceptors (Lipinski definition) is 5. The largest absolute Gasteiger partial charge is 0.461 e. The van der Waals surface area contributed by atoms with Crippen molar-refractivity contribution in [2.75, 3.05) is 44.3 Å². The molecule has 6 nitrogen and oxygen atoms in total. The van der Waals surface area contributed by atoms with Crippen LogP contribution >= 0.6 is 11.8 Å². The number of thioether (sulfide) groups is 1. The Hall–Kier alpha value is -1.73. The minimum absolute atomic E-state index is 0.0141. The van der Waals surface area contributed by atoms with E-state index in [-0.39, 0.29) is 23.5 Å². The Kier molecular flexibility index (Phi) is 5.83. The number of benzene rings is 1. The molecular weight excluding hydrogens is 374 g/mol. The maximum absolute atomic E-state index is 12.6. The molecule has 7 heteroatoms. The van der Waals surface area contributed by atoms with Crippen molar-refractivity contribution in [3.63, 3.8) is 0 Å². The first-order chi connectivity index (χ1) is 13.6. The Morgan fingerprint density at radius 1 is 1.25 bits per heavy atom. The molecule has 0 bridgehead atoms. The maximum atomic E-state index is 12.6. The second kappa shape index (κ2) is 8.33. The van der Waals surface area contributed by atoms with Gasteiger partial charge in [0, 0.05) is 36.6 Å². The summed E-state index contributed by atoms with van der Waals surface area (Å²) in [6, 6.07) is 7.76. The van der Waals surface area contributed by atoms with Crippen LogP contribution in [0.4, 0.5) is 10.5 Å². The van der Waals surface area contributed by atoms with Crippen LogP contribution < -0.4 is 5.32 Å². The fraction of sp³-hybridized carbons (Fsp3) is 0.619. The van der Waals surface area contributed by atoms with Gasteiger partial charge in [-0.2, -0.15) is 0 Å². The van der Waals surface area contributed by atoms with Gasteiger partial charge in [-0.05, 0) is 63.2 Å². The molecule has 1 aromatic carbocycles. The molecular formula is C21H29N3O3S. The van der Waals surface area contributed by atoms with Crippen molar-refractivity contribution in [2.45, 2.75) is 43.1 Å². The number of nitrogens with one attached hydrogen (secondary N) is 1. The zero-order chi connectivity index (χ0) is 19.6. The second-order valence-electron chi connectivity index (χ2n) is 8.17. The number of rotatable bonds is 4. The van der Waals surface area contributed by atoms with Gasteiger partial charge in [0.25, 0.3) is 0 Å². The molecule has 1 N–H and O–H groups in total. The molecule has 4 rings (SSSR count). The van der Waals surface area contributed by atoms with Gasteiger partial charge in [0.05, 0.1) is 5.41 Å². The Bertz CT molecular complexity index is 727. The highest BCUT2D eigenvalue weighted by Gasteiger charge is 2.51. The van der Waals surface area contributed by atoms with Gasteiger partial charge in [0.2, 0.25) is 0 Å². The van der Waals surface area contributed by atoms with E-state index in [9.17, 15) is 9.59 Å². The summed E-state index contributed by atoms with van der Waals surface area (Å²) in [5.74, 6) is -0.0515. The van der Waals surface area contributed by atoms with Crippen LogP contribution in [0.2, 0.25) is 0 Å². The smallest absolute Gasteiger partial charge is 0.321 e. The van der Waals surface area contributed by atoms with E-state index in [4.69, 9.17) is 4.74 Å². The number of carbonyl (C=O) groups is 2. The number of nitrogens with zero attached hydrogens (tertiary/aromatic N) is 2. The molecule has 0 aliphatic carbocycles. The van der Waals surface area contributed by atoms with Crippen LogP contribution in [0.25, 0.3) is 0 Å². The van der Waals surface area contributed by atoms with Gasteiger partial charge >= 0.3 is 12.0 Å². The van der Waals surface area contributed by atoms with E-state index < -0.39 is 0 Å².